The topological polar surface area (TPSA) is 47.6 Å². The van der Waals surface area contributed by atoms with Crippen LogP contribution in [0.25, 0.3) is 0 Å². The second-order valence-corrected chi connectivity index (χ2v) is 5.05. The van der Waals surface area contributed by atoms with Crippen LogP contribution in [0.2, 0.25) is 5.02 Å². The molecule has 3 nitrogen and oxygen atoms in total. The monoisotopic (exact) mass is 272 g/mol. The molecule has 1 heterocycles. The second kappa shape index (κ2) is 4.28. The molecule has 4 heteroatoms. The first kappa shape index (κ1) is 12.1. The molecule has 2 aromatic rings. The number of hydrogen-bond acceptors (Lipinski definition) is 3. The molecule has 0 unspecified atom stereocenters. The van der Waals surface area contributed by atoms with Gasteiger partial charge in [0, 0.05) is 10.6 Å². The zero-order valence-corrected chi connectivity index (χ0v) is 11.2. The van der Waals surface area contributed by atoms with Crippen molar-refractivity contribution in [3.8, 4) is 0 Å². The Morgan fingerprint density at radius 1 is 1.16 bits per heavy atom. The molecule has 0 radical (unpaired) electrons. The molecule has 0 saturated carbocycles. The minimum Gasteiger partial charge on any atom is -0.449 e. The van der Waals surface area contributed by atoms with Gasteiger partial charge in [-0.25, -0.2) is 0 Å². The van der Waals surface area contributed by atoms with E-state index >= 15 is 0 Å². The fraction of sp³-hybridized carbons (Fsp3) is 0.133. The average molecular weight is 273 g/mol. The summed E-state index contributed by atoms with van der Waals surface area (Å²) in [6.07, 6.45) is 0. The molecule has 2 aromatic carbocycles. The quantitative estimate of drug-likeness (QED) is 0.862. The maximum absolute atomic E-state index is 6.09. The lowest BCUT2D eigenvalue weighted by atomic mass is 9.86. The van der Waals surface area contributed by atoms with Crippen molar-refractivity contribution >= 4 is 23.3 Å². The summed E-state index contributed by atoms with van der Waals surface area (Å²) in [6.45, 7) is 1.97. The van der Waals surface area contributed by atoms with Gasteiger partial charge in [-0.05, 0) is 30.7 Å². The summed E-state index contributed by atoms with van der Waals surface area (Å²) in [5.41, 5.74) is 7.84. The van der Waals surface area contributed by atoms with Gasteiger partial charge in [0.05, 0.1) is 5.69 Å². The minimum atomic E-state index is -0.673. The molecule has 1 aliphatic rings. The van der Waals surface area contributed by atoms with Crippen LogP contribution >= 0.6 is 11.6 Å². The molecule has 0 bridgehead atoms. The number of ether oxygens (including phenoxy) is 1. The van der Waals surface area contributed by atoms with Crippen molar-refractivity contribution in [1.82, 2.24) is 0 Å². The lowest BCUT2D eigenvalue weighted by molar-refractivity contribution is 0.111. The Labute approximate surface area is 116 Å². The van der Waals surface area contributed by atoms with Crippen LogP contribution in [-0.2, 0) is 10.3 Å². The van der Waals surface area contributed by atoms with Crippen molar-refractivity contribution in [2.75, 3.05) is 0 Å². The lowest BCUT2D eigenvalue weighted by Gasteiger charge is -2.34. The molecule has 0 aliphatic carbocycles. The summed E-state index contributed by atoms with van der Waals surface area (Å²) < 4.78 is 5.81. The minimum absolute atomic E-state index is 0.168. The Bertz CT molecular complexity index is 654. The third kappa shape index (κ3) is 1.96. The molecule has 0 spiro atoms. The summed E-state index contributed by atoms with van der Waals surface area (Å²) in [7, 11) is 0. The predicted octanol–water partition coefficient (Wildman–Crippen LogP) is 3.58. The predicted molar refractivity (Wildman–Crippen MR) is 76.7 cm³/mol. The summed E-state index contributed by atoms with van der Waals surface area (Å²) >= 11 is 6.09. The van der Waals surface area contributed by atoms with Gasteiger partial charge in [-0.15, -0.1) is 0 Å². The number of nitrogens with zero attached hydrogens (tertiary/aromatic N) is 1. The van der Waals surface area contributed by atoms with Crippen LogP contribution in [0.4, 0.5) is 5.69 Å². The molecule has 19 heavy (non-hydrogen) atoms. The number of amidine groups is 1. The van der Waals surface area contributed by atoms with Crippen molar-refractivity contribution in [3.05, 3.63) is 64.7 Å². The third-order valence-corrected chi connectivity index (χ3v) is 3.57. The zero-order chi connectivity index (χ0) is 13.5. The van der Waals surface area contributed by atoms with Gasteiger partial charge in [-0.3, -0.25) is 0 Å². The van der Waals surface area contributed by atoms with Crippen LogP contribution in [0, 0.1) is 0 Å². The molecular formula is C15H13ClN2O. The van der Waals surface area contributed by atoms with Gasteiger partial charge in [0.2, 0.25) is 0 Å². The van der Waals surface area contributed by atoms with Gasteiger partial charge in [0.15, 0.2) is 5.60 Å². The van der Waals surface area contributed by atoms with Gasteiger partial charge in [0.1, 0.15) is 0 Å². The largest absolute Gasteiger partial charge is 0.449 e. The maximum atomic E-state index is 6.09. The van der Waals surface area contributed by atoms with Crippen LogP contribution < -0.4 is 5.73 Å². The van der Waals surface area contributed by atoms with Crippen LogP contribution in [0.15, 0.2) is 53.5 Å². The lowest BCUT2D eigenvalue weighted by Crippen LogP contribution is -2.36. The maximum Gasteiger partial charge on any atom is 0.288 e. The summed E-state index contributed by atoms with van der Waals surface area (Å²) in [6, 6.07) is 15.6. The molecule has 1 aliphatic heterocycles. The number of halogens is 1. The van der Waals surface area contributed by atoms with Gasteiger partial charge < -0.3 is 10.5 Å². The molecule has 1 atom stereocenters. The highest BCUT2D eigenvalue weighted by Crippen LogP contribution is 2.42. The molecule has 0 amide bonds. The number of hydrogen-bond donors (Lipinski definition) is 1. The summed E-state index contributed by atoms with van der Waals surface area (Å²) in [5, 5.41) is 0.653. The van der Waals surface area contributed by atoms with Crippen molar-refractivity contribution in [3.63, 3.8) is 0 Å². The average Bonchev–Trinajstić information content (AvgIpc) is 2.41. The standard InChI is InChI=1S/C15H13ClN2O/c1-15(10-5-3-2-4-6-10)12-9-11(16)7-8-13(12)18-14(17)19-15/h2-9H,1H3,(H2,17,18)/t15-/m1/s1. The molecule has 0 aromatic heterocycles. The number of benzene rings is 2. The Morgan fingerprint density at radius 3 is 2.63 bits per heavy atom. The molecule has 2 N–H and O–H groups in total. The van der Waals surface area contributed by atoms with E-state index in [-0.39, 0.29) is 6.02 Å². The molecule has 0 fully saturated rings. The Morgan fingerprint density at radius 2 is 1.89 bits per heavy atom. The van der Waals surface area contributed by atoms with E-state index < -0.39 is 5.60 Å². The number of nitrogens with two attached hydrogens (primary N) is 1. The van der Waals surface area contributed by atoms with E-state index in [2.05, 4.69) is 4.99 Å². The van der Waals surface area contributed by atoms with E-state index in [4.69, 9.17) is 22.1 Å². The summed E-state index contributed by atoms with van der Waals surface area (Å²) in [5.74, 6) is 0. The van der Waals surface area contributed by atoms with E-state index in [1.165, 1.54) is 0 Å². The van der Waals surface area contributed by atoms with Crippen molar-refractivity contribution in [2.45, 2.75) is 12.5 Å². The smallest absolute Gasteiger partial charge is 0.288 e. The van der Waals surface area contributed by atoms with E-state index in [0.717, 1.165) is 16.8 Å². The van der Waals surface area contributed by atoms with Gasteiger partial charge in [0.25, 0.3) is 6.02 Å². The van der Waals surface area contributed by atoms with Crippen molar-refractivity contribution in [2.24, 2.45) is 10.7 Å². The van der Waals surface area contributed by atoms with E-state index in [9.17, 15) is 0 Å². The highest BCUT2D eigenvalue weighted by Gasteiger charge is 2.37. The molecular weight excluding hydrogens is 260 g/mol. The first-order chi connectivity index (χ1) is 9.09. The normalized spacial score (nSPS) is 21.3. The Balaban J connectivity index is 2.24. The number of rotatable bonds is 1. The Kier molecular flexibility index (Phi) is 2.72. The van der Waals surface area contributed by atoms with E-state index in [0.29, 0.717) is 5.02 Å². The van der Waals surface area contributed by atoms with Gasteiger partial charge in [-0.2, -0.15) is 4.99 Å². The molecule has 3 rings (SSSR count). The number of aliphatic imine (C=N–C) groups is 1. The number of fused-ring (bicyclic) bond motifs is 1. The van der Waals surface area contributed by atoms with Crippen molar-refractivity contribution < 1.29 is 4.74 Å². The fourth-order valence-corrected chi connectivity index (χ4v) is 2.54. The van der Waals surface area contributed by atoms with Crippen LogP contribution in [0.5, 0.6) is 0 Å². The SMILES string of the molecule is C[C@]1(c2ccccc2)OC(N)=Nc2ccc(Cl)cc21. The van der Waals surface area contributed by atoms with Crippen LogP contribution in [0.3, 0.4) is 0 Å². The highest BCUT2D eigenvalue weighted by atomic mass is 35.5. The van der Waals surface area contributed by atoms with Gasteiger partial charge >= 0.3 is 0 Å². The van der Waals surface area contributed by atoms with Crippen LogP contribution in [0.1, 0.15) is 18.1 Å². The second-order valence-electron chi connectivity index (χ2n) is 4.61. The fourth-order valence-electron chi connectivity index (χ4n) is 2.36. The Hall–Kier alpha value is -2.00. The third-order valence-electron chi connectivity index (χ3n) is 3.34. The highest BCUT2D eigenvalue weighted by molar-refractivity contribution is 6.30. The molecule has 96 valence electrons. The first-order valence-electron chi connectivity index (χ1n) is 5.98. The van der Waals surface area contributed by atoms with Crippen molar-refractivity contribution in [1.29, 1.82) is 0 Å². The van der Waals surface area contributed by atoms with E-state index in [1.54, 1.807) is 6.07 Å². The van der Waals surface area contributed by atoms with Gasteiger partial charge in [-0.1, -0.05) is 41.9 Å². The van der Waals surface area contributed by atoms with Crippen LogP contribution in [-0.4, -0.2) is 6.02 Å². The summed E-state index contributed by atoms with van der Waals surface area (Å²) in [4.78, 5) is 4.22. The molecule has 0 saturated heterocycles. The first-order valence-corrected chi connectivity index (χ1v) is 6.36. The zero-order valence-electron chi connectivity index (χ0n) is 10.4. The van der Waals surface area contributed by atoms with E-state index in [1.807, 2.05) is 49.4 Å².